The molecule has 3 saturated carbocycles. The minimum absolute atomic E-state index is 0.428. The van der Waals surface area contributed by atoms with Gasteiger partial charge in [-0.3, -0.25) is 0 Å². The number of anilines is 2. The van der Waals surface area contributed by atoms with Crippen molar-refractivity contribution in [2.45, 2.75) is 115 Å². The maximum atomic E-state index is 5.84. The highest BCUT2D eigenvalue weighted by Crippen LogP contribution is 2.52. The molecule has 0 amide bonds. The van der Waals surface area contributed by atoms with E-state index in [0.717, 1.165) is 35.9 Å². The third-order valence-corrected chi connectivity index (χ3v) is 10.5. The van der Waals surface area contributed by atoms with E-state index in [1.165, 1.54) is 108 Å². The van der Waals surface area contributed by atoms with Gasteiger partial charge in [-0.05, 0) is 116 Å². The van der Waals surface area contributed by atoms with Gasteiger partial charge < -0.3 is 11.1 Å². The van der Waals surface area contributed by atoms with E-state index in [4.69, 9.17) is 5.73 Å². The predicted molar refractivity (Wildman–Crippen MR) is 155 cm³/mol. The van der Waals surface area contributed by atoms with Crippen LogP contribution in [-0.2, 0) is 12.0 Å². The lowest BCUT2D eigenvalue weighted by Crippen LogP contribution is -2.40. The number of hydrogen-bond donors (Lipinski definition) is 2. The van der Waals surface area contributed by atoms with Crippen LogP contribution < -0.4 is 11.1 Å². The van der Waals surface area contributed by atoms with Crippen LogP contribution in [0.1, 0.15) is 114 Å². The van der Waals surface area contributed by atoms with Crippen LogP contribution in [0.5, 0.6) is 0 Å². The van der Waals surface area contributed by atoms with Gasteiger partial charge in [-0.25, -0.2) is 0 Å². The fourth-order valence-electron chi connectivity index (χ4n) is 8.37. The minimum atomic E-state index is 0.428. The average Bonchev–Trinajstić information content (AvgIpc) is 2.94. The minimum Gasteiger partial charge on any atom is -0.399 e. The number of rotatable bonds is 8. The first-order valence-corrected chi connectivity index (χ1v) is 15.3. The third-order valence-electron chi connectivity index (χ3n) is 10.5. The smallest absolute Gasteiger partial charge is 0.0400 e. The lowest BCUT2D eigenvalue weighted by molar-refractivity contribution is 0.0907. The zero-order valence-electron chi connectivity index (χ0n) is 22.8. The van der Waals surface area contributed by atoms with Crippen LogP contribution in [0.25, 0.3) is 0 Å². The molecule has 0 aromatic heterocycles. The molecule has 3 N–H and O–H groups in total. The van der Waals surface area contributed by atoms with E-state index < -0.39 is 0 Å². The predicted octanol–water partition coefficient (Wildman–Crippen LogP) is 9.50. The Balaban J connectivity index is 1.20. The molecule has 2 aromatic carbocycles. The topological polar surface area (TPSA) is 38.0 Å². The van der Waals surface area contributed by atoms with Gasteiger partial charge in [-0.2, -0.15) is 0 Å². The van der Waals surface area contributed by atoms with Crippen LogP contribution in [-0.4, -0.2) is 0 Å². The molecule has 3 aliphatic rings. The summed E-state index contributed by atoms with van der Waals surface area (Å²) in [6, 6.07) is 17.8. The number of nitrogens with one attached hydrogen (secondary N) is 1. The quantitative estimate of drug-likeness (QED) is 0.365. The molecule has 0 heterocycles. The normalized spacial score (nSPS) is 28.5. The molecule has 0 bridgehead atoms. The van der Waals surface area contributed by atoms with Crippen LogP contribution in [0, 0.1) is 23.7 Å². The van der Waals surface area contributed by atoms with Crippen molar-refractivity contribution in [1.82, 2.24) is 0 Å². The largest absolute Gasteiger partial charge is 0.399 e. The standard InChI is InChI=1S/C34H50N2/c1-2-6-26-7-11-28(12-8-26)29-13-15-30(16-14-29)34(23-4-3-5-24-34)31-17-21-33(22-18-31)36-25-27-9-19-32(35)20-10-27/h9-10,17-22,26,28-30,36H,2-8,11-16,23-25,35H2,1H3. The molecule has 36 heavy (non-hydrogen) atoms. The van der Waals surface area contributed by atoms with E-state index in [0.29, 0.717) is 5.41 Å². The van der Waals surface area contributed by atoms with Crippen molar-refractivity contribution in [3.8, 4) is 0 Å². The Morgan fingerprint density at radius 3 is 1.97 bits per heavy atom. The first-order chi connectivity index (χ1) is 17.7. The Morgan fingerprint density at radius 2 is 1.36 bits per heavy atom. The molecular weight excluding hydrogens is 436 g/mol. The Hall–Kier alpha value is -1.96. The molecule has 0 radical (unpaired) electrons. The SMILES string of the molecule is CCCC1CCC(C2CCC(C3(c4ccc(NCc5ccc(N)cc5)cc4)CCCCC3)CC2)CC1. The second-order valence-corrected chi connectivity index (χ2v) is 12.6. The highest BCUT2D eigenvalue weighted by molar-refractivity contribution is 5.48. The molecule has 0 unspecified atom stereocenters. The number of hydrogen-bond acceptors (Lipinski definition) is 2. The van der Waals surface area contributed by atoms with Crippen molar-refractivity contribution in [1.29, 1.82) is 0 Å². The Bertz CT molecular complexity index is 909. The van der Waals surface area contributed by atoms with Crippen molar-refractivity contribution in [2.24, 2.45) is 23.7 Å². The molecule has 0 spiro atoms. The summed E-state index contributed by atoms with van der Waals surface area (Å²) in [6.45, 7) is 3.20. The van der Waals surface area contributed by atoms with Gasteiger partial charge in [-0.15, -0.1) is 0 Å². The maximum Gasteiger partial charge on any atom is 0.0400 e. The molecule has 0 aliphatic heterocycles. The Labute approximate surface area is 220 Å². The summed E-state index contributed by atoms with van der Waals surface area (Å²) in [5.41, 5.74) is 11.2. The fourth-order valence-corrected chi connectivity index (χ4v) is 8.37. The summed E-state index contributed by atoms with van der Waals surface area (Å²) in [5, 5.41) is 3.61. The molecule has 5 rings (SSSR count). The first-order valence-electron chi connectivity index (χ1n) is 15.3. The van der Waals surface area contributed by atoms with Crippen molar-refractivity contribution in [2.75, 3.05) is 11.1 Å². The van der Waals surface area contributed by atoms with Gasteiger partial charge in [-0.1, -0.05) is 76.1 Å². The first kappa shape index (κ1) is 25.7. The van der Waals surface area contributed by atoms with Crippen molar-refractivity contribution in [3.05, 3.63) is 59.7 Å². The van der Waals surface area contributed by atoms with Crippen molar-refractivity contribution >= 4 is 11.4 Å². The van der Waals surface area contributed by atoms with Gasteiger partial charge in [0.1, 0.15) is 0 Å². The maximum absolute atomic E-state index is 5.84. The van der Waals surface area contributed by atoms with Gasteiger partial charge >= 0.3 is 0 Å². The van der Waals surface area contributed by atoms with Crippen LogP contribution in [0.3, 0.4) is 0 Å². The molecule has 2 nitrogen and oxygen atoms in total. The van der Waals surface area contributed by atoms with E-state index in [1.54, 1.807) is 5.56 Å². The second-order valence-electron chi connectivity index (χ2n) is 12.6. The second kappa shape index (κ2) is 12.1. The van der Waals surface area contributed by atoms with E-state index in [9.17, 15) is 0 Å². The monoisotopic (exact) mass is 486 g/mol. The number of benzene rings is 2. The van der Waals surface area contributed by atoms with Gasteiger partial charge in [0.2, 0.25) is 0 Å². The Morgan fingerprint density at radius 1 is 0.750 bits per heavy atom. The van der Waals surface area contributed by atoms with E-state index in [2.05, 4.69) is 48.6 Å². The zero-order chi connectivity index (χ0) is 24.8. The summed E-state index contributed by atoms with van der Waals surface area (Å²) < 4.78 is 0. The molecule has 3 fully saturated rings. The number of nitrogen functional groups attached to an aromatic ring is 1. The summed E-state index contributed by atoms with van der Waals surface area (Å²) in [7, 11) is 0. The van der Waals surface area contributed by atoms with Crippen LogP contribution in [0.4, 0.5) is 11.4 Å². The van der Waals surface area contributed by atoms with Crippen molar-refractivity contribution in [3.63, 3.8) is 0 Å². The number of nitrogens with two attached hydrogens (primary N) is 1. The summed E-state index contributed by atoms with van der Waals surface area (Å²) in [6.07, 6.45) is 21.9. The Kier molecular flexibility index (Phi) is 8.60. The van der Waals surface area contributed by atoms with E-state index in [1.807, 2.05) is 12.1 Å². The average molecular weight is 487 g/mol. The van der Waals surface area contributed by atoms with Gasteiger partial charge in [0, 0.05) is 17.9 Å². The van der Waals surface area contributed by atoms with Crippen molar-refractivity contribution < 1.29 is 0 Å². The van der Waals surface area contributed by atoms with Crippen LogP contribution >= 0.6 is 0 Å². The molecule has 0 atom stereocenters. The summed E-state index contributed by atoms with van der Waals surface area (Å²) >= 11 is 0. The fraction of sp³-hybridized carbons (Fsp3) is 0.647. The zero-order valence-corrected chi connectivity index (χ0v) is 22.8. The van der Waals surface area contributed by atoms with Crippen LogP contribution in [0.2, 0.25) is 0 Å². The molecule has 196 valence electrons. The lowest BCUT2D eigenvalue weighted by Gasteiger charge is -2.48. The lowest BCUT2D eigenvalue weighted by atomic mass is 9.56. The molecule has 2 aromatic rings. The highest BCUT2D eigenvalue weighted by Gasteiger charge is 2.43. The summed E-state index contributed by atoms with van der Waals surface area (Å²) in [5.74, 6) is 3.98. The molecule has 3 aliphatic carbocycles. The van der Waals surface area contributed by atoms with Gasteiger partial charge in [0.05, 0.1) is 0 Å². The van der Waals surface area contributed by atoms with E-state index in [-0.39, 0.29) is 0 Å². The van der Waals surface area contributed by atoms with Gasteiger partial charge in [0.25, 0.3) is 0 Å². The van der Waals surface area contributed by atoms with E-state index >= 15 is 0 Å². The van der Waals surface area contributed by atoms with Gasteiger partial charge in [0.15, 0.2) is 0 Å². The third kappa shape index (κ3) is 5.95. The highest BCUT2D eigenvalue weighted by atomic mass is 14.9. The molecular formula is C34H50N2. The molecule has 2 heteroatoms. The molecule has 0 saturated heterocycles. The van der Waals surface area contributed by atoms with Crippen LogP contribution in [0.15, 0.2) is 48.5 Å². The summed E-state index contributed by atoms with van der Waals surface area (Å²) in [4.78, 5) is 0.